The molecule has 2 aromatic carbocycles. The summed E-state index contributed by atoms with van der Waals surface area (Å²) in [6.45, 7) is 9.69. The number of hydrogen-bond acceptors (Lipinski definition) is 6. The fourth-order valence-corrected chi connectivity index (χ4v) is 4.44. The van der Waals surface area contributed by atoms with Crippen LogP contribution in [0.5, 0.6) is 5.75 Å². The van der Waals surface area contributed by atoms with Crippen LogP contribution in [0.4, 0.5) is 11.4 Å². The van der Waals surface area contributed by atoms with Gasteiger partial charge in [0, 0.05) is 37.6 Å². The van der Waals surface area contributed by atoms with Crippen LogP contribution < -0.4 is 15.0 Å². The second-order valence-electron chi connectivity index (χ2n) is 7.98. The summed E-state index contributed by atoms with van der Waals surface area (Å²) < 4.78 is 5.85. The molecule has 0 unspecified atom stereocenters. The van der Waals surface area contributed by atoms with Gasteiger partial charge >= 0.3 is 0 Å². The summed E-state index contributed by atoms with van der Waals surface area (Å²) in [7, 11) is 0. The monoisotopic (exact) mass is 462 g/mol. The van der Waals surface area contributed by atoms with E-state index in [1.807, 2.05) is 54.8 Å². The van der Waals surface area contributed by atoms with E-state index in [1.165, 1.54) is 0 Å². The second-order valence-corrected chi connectivity index (χ2v) is 9.04. The van der Waals surface area contributed by atoms with Gasteiger partial charge in [0.2, 0.25) is 5.91 Å². The summed E-state index contributed by atoms with van der Waals surface area (Å²) in [6.07, 6.45) is 3.37. The van der Waals surface area contributed by atoms with Gasteiger partial charge in [-0.3, -0.25) is 4.79 Å². The van der Waals surface area contributed by atoms with Crippen LogP contribution >= 0.6 is 11.3 Å². The molecule has 0 bridgehead atoms. The van der Waals surface area contributed by atoms with Crippen molar-refractivity contribution in [2.75, 3.05) is 42.9 Å². The molecule has 2 heterocycles. The molecule has 1 fully saturated rings. The van der Waals surface area contributed by atoms with E-state index >= 15 is 0 Å². The van der Waals surface area contributed by atoms with Crippen molar-refractivity contribution < 1.29 is 9.53 Å². The Balaban J connectivity index is 1.36. The van der Waals surface area contributed by atoms with Crippen LogP contribution in [0, 0.1) is 6.92 Å². The number of aromatic nitrogens is 1. The first kappa shape index (κ1) is 23.0. The predicted octanol–water partition coefficient (Wildman–Crippen LogP) is 4.82. The molecule has 1 aromatic heterocycles. The molecule has 1 N–H and O–H groups in total. The number of carbonyl (C=O) groups is 1. The SMILES string of the molecule is CCN1CCN(c2ccccc2NC(=O)/C=C/c2cccc(OCc3csc(C)n3)c2)CC1. The lowest BCUT2D eigenvalue weighted by molar-refractivity contribution is -0.111. The molecular weight excluding hydrogens is 432 g/mol. The number of carbonyl (C=O) groups excluding carboxylic acids is 1. The average Bonchev–Trinajstić information content (AvgIpc) is 3.27. The van der Waals surface area contributed by atoms with Crippen LogP contribution in [0.3, 0.4) is 0 Å². The second kappa shape index (κ2) is 11.1. The maximum absolute atomic E-state index is 12.7. The quantitative estimate of drug-likeness (QED) is 0.486. The summed E-state index contributed by atoms with van der Waals surface area (Å²) in [6, 6.07) is 15.7. The highest BCUT2D eigenvalue weighted by Gasteiger charge is 2.18. The third-order valence-electron chi connectivity index (χ3n) is 5.66. The van der Waals surface area contributed by atoms with Crippen LogP contribution in [0.25, 0.3) is 6.08 Å². The van der Waals surface area contributed by atoms with Crippen molar-refractivity contribution in [3.63, 3.8) is 0 Å². The van der Waals surface area contributed by atoms with Crippen LogP contribution in [0.1, 0.15) is 23.2 Å². The minimum absolute atomic E-state index is 0.154. The number of anilines is 2. The number of amides is 1. The number of piperazine rings is 1. The molecule has 1 amide bonds. The lowest BCUT2D eigenvalue weighted by Crippen LogP contribution is -2.46. The molecular formula is C26H30N4O2S. The number of para-hydroxylation sites is 2. The zero-order valence-corrected chi connectivity index (χ0v) is 20.0. The molecule has 172 valence electrons. The highest BCUT2D eigenvalue weighted by Crippen LogP contribution is 2.27. The predicted molar refractivity (Wildman–Crippen MR) is 136 cm³/mol. The zero-order chi connectivity index (χ0) is 23.0. The molecule has 3 aromatic rings. The van der Waals surface area contributed by atoms with Crippen LogP contribution in [0.15, 0.2) is 60.0 Å². The van der Waals surface area contributed by atoms with Gasteiger partial charge < -0.3 is 19.9 Å². The lowest BCUT2D eigenvalue weighted by atomic mass is 10.2. The molecule has 0 saturated carbocycles. The Morgan fingerprint density at radius 3 is 2.73 bits per heavy atom. The summed E-state index contributed by atoms with van der Waals surface area (Å²) in [4.78, 5) is 21.9. The maximum atomic E-state index is 12.7. The highest BCUT2D eigenvalue weighted by molar-refractivity contribution is 7.09. The van der Waals surface area contributed by atoms with Gasteiger partial charge in [-0.05, 0) is 49.4 Å². The fourth-order valence-electron chi connectivity index (χ4n) is 3.85. The molecule has 0 aliphatic carbocycles. The Bertz CT molecular complexity index is 1100. The molecule has 6 nitrogen and oxygen atoms in total. The normalized spacial score (nSPS) is 14.5. The third kappa shape index (κ3) is 6.43. The van der Waals surface area contributed by atoms with Gasteiger partial charge in [0.15, 0.2) is 0 Å². The molecule has 33 heavy (non-hydrogen) atoms. The molecule has 0 radical (unpaired) electrons. The van der Waals surface area contributed by atoms with Crippen molar-refractivity contribution in [1.29, 1.82) is 0 Å². The molecule has 0 spiro atoms. The number of nitrogens with one attached hydrogen (secondary N) is 1. The topological polar surface area (TPSA) is 57.7 Å². The molecule has 1 saturated heterocycles. The van der Waals surface area contributed by atoms with Crippen molar-refractivity contribution in [3.05, 3.63) is 76.3 Å². The van der Waals surface area contributed by atoms with E-state index in [0.29, 0.717) is 6.61 Å². The van der Waals surface area contributed by atoms with Crippen molar-refractivity contribution >= 4 is 34.7 Å². The van der Waals surface area contributed by atoms with E-state index in [-0.39, 0.29) is 5.91 Å². The maximum Gasteiger partial charge on any atom is 0.248 e. The lowest BCUT2D eigenvalue weighted by Gasteiger charge is -2.36. The Morgan fingerprint density at radius 1 is 1.15 bits per heavy atom. The van der Waals surface area contributed by atoms with Gasteiger partial charge in [0.1, 0.15) is 12.4 Å². The number of aryl methyl sites for hydroxylation is 1. The van der Waals surface area contributed by atoms with E-state index < -0.39 is 0 Å². The number of nitrogens with zero attached hydrogens (tertiary/aromatic N) is 3. The van der Waals surface area contributed by atoms with Crippen molar-refractivity contribution in [2.24, 2.45) is 0 Å². The summed E-state index contributed by atoms with van der Waals surface area (Å²) in [5.41, 5.74) is 3.74. The molecule has 4 rings (SSSR count). The number of benzene rings is 2. The first-order valence-electron chi connectivity index (χ1n) is 11.3. The summed E-state index contributed by atoms with van der Waals surface area (Å²) in [5.74, 6) is 0.596. The van der Waals surface area contributed by atoms with Gasteiger partial charge in [0.25, 0.3) is 0 Å². The highest BCUT2D eigenvalue weighted by atomic mass is 32.1. The van der Waals surface area contributed by atoms with Gasteiger partial charge in [-0.2, -0.15) is 0 Å². The number of thiazole rings is 1. The molecule has 7 heteroatoms. The Kier molecular flexibility index (Phi) is 7.75. The molecule has 0 atom stereocenters. The summed E-state index contributed by atoms with van der Waals surface area (Å²) in [5, 5.41) is 6.08. The van der Waals surface area contributed by atoms with E-state index in [9.17, 15) is 4.79 Å². The Hall–Kier alpha value is -3.16. The van der Waals surface area contributed by atoms with E-state index in [1.54, 1.807) is 23.5 Å². The Morgan fingerprint density at radius 2 is 1.97 bits per heavy atom. The zero-order valence-electron chi connectivity index (χ0n) is 19.2. The minimum Gasteiger partial charge on any atom is -0.487 e. The van der Waals surface area contributed by atoms with Gasteiger partial charge in [-0.1, -0.05) is 31.2 Å². The van der Waals surface area contributed by atoms with E-state index in [2.05, 4.69) is 33.1 Å². The third-order valence-corrected chi connectivity index (χ3v) is 6.48. The fraction of sp³-hybridized carbons (Fsp3) is 0.308. The van der Waals surface area contributed by atoms with Gasteiger partial charge in [-0.15, -0.1) is 11.3 Å². The number of rotatable bonds is 8. The van der Waals surface area contributed by atoms with Gasteiger partial charge in [0.05, 0.1) is 22.1 Å². The minimum atomic E-state index is -0.154. The van der Waals surface area contributed by atoms with Crippen molar-refractivity contribution in [1.82, 2.24) is 9.88 Å². The Labute approximate surface area is 199 Å². The molecule has 1 aliphatic heterocycles. The van der Waals surface area contributed by atoms with Crippen LogP contribution in [0.2, 0.25) is 0 Å². The van der Waals surface area contributed by atoms with Crippen molar-refractivity contribution in [2.45, 2.75) is 20.5 Å². The largest absolute Gasteiger partial charge is 0.487 e. The van der Waals surface area contributed by atoms with E-state index in [4.69, 9.17) is 4.74 Å². The van der Waals surface area contributed by atoms with Gasteiger partial charge in [-0.25, -0.2) is 4.98 Å². The number of ether oxygens (including phenoxy) is 1. The standard InChI is InChI=1S/C26H30N4O2S/c1-3-29-13-15-30(16-14-29)25-10-5-4-9-24(25)28-26(31)12-11-21-7-6-8-23(17-21)32-18-22-19-33-20(2)27-22/h4-12,17,19H,3,13-16,18H2,1-2H3,(H,28,31)/b12-11+. The number of hydrogen-bond donors (Lipinski definition) is 1. The average molecular weight is 463 g/mol. The van der Waals surface area contributed by atoms with E-state index in [0.717, 1.165) is 66.1 Å². The molecule has 1 aliphatic rings. The smallest absolute Gasteiger partial charge is 0.248 e. The van der Waals surface area contributed by atoms with Crippen molar-refractivity contribution in [3.8, 4) is 5.75 Å². The first-order valence-corrected chi connectivity index (χ1v) is 12.2. The van der Waals surface area contributed by atoms with Crippen LogP contribution in [-0.2, 0) is 11.4 Å². The number of likely N-dealkylation sites (N-methyl/N-ethyl adjacent to an activating group) is 1. The summed E-state index contributed by atoms with van der Waals surface area (Å²) >= 11 is 1.61. The van der Waals surface area contributed by atoms with Crippen LogP contribution in [-0.4, -0.2) is 48.5 Å². The first-order chi connectivity index (χ1) is 16.1.